The van der Waals surface area contributed by atoms with Gasteiger partial charge in [-0.05, 0) is 17.7 Å². The molecule has 0 bridgehead atoms. The largest absolute Gasteiger partial charge is 0.508 e. The summed E-state index contributed by atoms with van der Waals surface area (Å²) in [7, 11) is 0.919. The number of ether oxygens (including phenoxy) is 2. The van der Waals surface area contributed by atoms with Gasteiger partial charge >= 0.3 is 17.9 Å². The quantitative estimate of drug-likeness (QED) is 0.271. The maximum absolute atomic E-state index is 12.8. The monoisotopic (exact) mass is 424 g/mol. The molecule has 4 atom stereocenters. The van der Waals surface area contributed by atoms with Crippen LogP contribution in [-0.4, -0.2) is 75.6 Å². The first kappa shape index (κ1) is 22.8. The van der Waals surface area contributed by atoms with E-state index >= 15 is 0 Å². The molecule has 0 aromatic heterocycles. The molecule has 1 heterocycles. The van der Waals surface area contributed by atoms with Crippen LogP contribution in [0.15, 0.2) is 29.3 Å². The van der Waals surface area contributed by atoms with Gasteiger partial charge in [0, 0.05) is 13.0 Å². The number of aliphatic carboxylic acids is 3. The van der Waals surface area contributed by atoms with Gasteiger partial charge in [-0.15, -0.1) is 0 Å². The van der Waals surface area contributed by atoms with Gasteiger partial charge in [-0.2, -0.15) is 0 Å². The highest BCUT2D eigenvalue weighted by Gasteiger charge is 2.53. The zero-order chi connectivity index (χ0) is 22.6. The van der Waals surface area contributed by atoms with Gasteiger partial charge in [0.1, 0.15) is 11.5 Å². The summed E-state index contributed by atoms with van der Waals surface area (Å²) in [5.74, 6) is -8.72. The molecule has 30 heavy (non-hydrogen) atoms. The number of nitrogens with one attached hydrogen (secondary N) is 1. The zero-order valence-corrected chi connectivity index (χ0v) is 15.9. The molecular formula is C18H20N2O10. The van der Waals surface area contributed by atoms with E-state index in [1.165, 1.54) is 19.1 Å². The first-order valence-corrected chi connectivity index (χ1v) is 8.58. The second-order valence-corrected chi connectivity index (χ2v) is 6.50. The Morgan fingerprint density at radius 3 is 2.27 bits per heavy atom. The average Bonchev–Trinajstić information content (AvgIpc) is 2.67. The molecular weight excluding hydrogens is 404 g/mol. The molecule has 162 valence electrons. The van der Waals surface area contributed by atoms with Gasteiger partial charge in [-0.25, -0.2) is 14.6 Å². The highest BCUT2D eigenvalue weighted by atomic mass is 16.6. The predicted octanol–water partition coefficient (Wildman–Crippen LogP) is -0.378. The number of nitrogens with zero attached hydrogens (tertiary/aromatic N) is 1. The van der Waals surface area contributed by atoms with Crippen molar-refractivity contribution in [2.75, 3.05) is 13.7 Å². The molecule has 1 unspecified atom stereocenters. The van der Waals surface area contributed by atoms with Crippen molar-refractivity contribution in [3.8, 4) is 5.75 Å². The van der Waals surface area contributed by atoms with Crippen LogP contribution in [0.5, 0.6) is 5.75 Å². The van der Waals surface area contributed by atoms with Crippen molar-refractivity contribution < 1.29 is 49.1 Å². The Hall–Kier alpha value is -3.51. The minimum atomic E-state index is -2.69. The molecule has 0 saturated heterocycles. The molecule has 2 rings (SSSR count). The number of carboxylic acid groups (broad SMARTS) is 3. The van der Waals surface area contributed by atoms with Crippen LogP contribution in [-0.2, 0) is 28.7 Å². The van der Waals surface area contributed by atoms with E-state index in [1.807, 2.05) is 5.32 Å². The van der Waals surface area contributed by atoms with E-state index in [1.54, 1.807) is 0 Å². The Bertz CT molecular complexity index is 881. The van der Waals surface area contributed by atoms with Crippen LogP contribution in [0.4, 0.5) is 0 Å². The van der Waals surface area contributed by atoms with Crippen molar-refractivity contribution in [2.45, 2.75) is 24.8 Å². The van der Waals surface area contributed by atoms with Crippen LogP contribution in [0.25, 0.3) is 0 Å². The van der Waals surface area contributed by atoms with E-state index in [2.05, 4.69) is 4.99 Å². The molecule has 1 aromatic carbocycles. The number of benzene rings is 1. The van der Waals surface area contributed by atoms with Gasteiger partial charge < -0.3 is 35.2 Å². The topological polar surface area (TPSA) is 192 Å². The van der Waals surface area contributed by atoms with Crippen molar-refractivity contribution in [3.63, 3.8) is 0 Å². The lowest BCUT2D eigenvalue weighted by atomic mass is 9.97. The molecule has 0 fully saturated rings. The van der Waals surface area contributed by atoms with Gasteiger partial charge in [-0.1, -0.05) is 19.1 Å². The molecule has 1 amide bonds. The van der Waals surface area contributed by atoms with Crippen LogP contribution in [0.2, 0.25) is 0 Å². The van der Waals surface area contributed by atoms with E-state index < -0.39 is 47.6 Å². The first-order chi connectivity index (χ1) is 14.0. The summed E-state index contributed by atoms with van der Waals surface area (Å²) in [6, 6.07) is 4.69. The average molecular weight is 424 g/mol. The van der Waals surface area contributed by atoms with Crippen LogP contribution in [0.1, 0.15) is 18.4 Å². The van der Waals surface area contributed by atoms with Gasteiger partial charge in [-0.3, -0.25) is 9.59 Å². The number of phenolic OH excluding ortho intramolecular Hbond substituents is 1. The Morgan fingerprint density at radius 2 is 1.80 bits per heavy atom. The van der Waals surface area contributed by atoms with Crippen LogP contribution in [0, 0.1) is 5.92 Å². The number of carboxylic acids is 3. The second kappa shape index (κ2) is 8.88. The summed E-state index contributed by atoms with van der Waals surface area (Å²) in [6.45, 7) is 1.28. The minimum absolute atomic E-state index is 0.0406. The first-order valence-electron chi connectivity index (χ1n) is 8.58. The van der Waals surface area contributed by atoms with Crippen molar-refractivity contribution in [1.29, 1.82) is 0 Å². The Balaban J connectivity index is 2.45. The van der Waals surface area contributed by atoms with Gasteiger partial charge in [0.15, 0.2) is 5.92 Å². The van der Waals surface area contributed by atoms with Gasteiger partial charge in [0.25, 0.3) is 5.72 Å². The summed E-state index contributed by atoms with van der Waals surface area (Å²) in [6.07, 6.45) is -1.79. The number of phenols is 1. The van der Waals surface area contributed by atoms with Crippen LogP contribution in [0.3, 0.4) is 0 Å². The molecule has 5 N–H and O–H groups in total. The van der Waals surface area contributed by atoms with Crippen molar-refractivity contribution >= 4 is 29.5 Å². The zero-order valence-electron chi connectivity index (χ0n) is 15.9. The highest BCUT2D eigenvalue weighted by Crippen LogP contribution is 2.26. The van der Waals surface area contributed by atoms with E-state index in [-0.39, 0.29) is 23.6 Å². The van der Waals surface area contributed by atoms with Crippen molar-refractivity contribution in [2.24, 2.45) is 10.9 Å². The standard InChI is InChI=1S/C18H20N2O10/c1-8-7-30-16(19-12(8)15(25)26)18(29-2,17(27)28)20-13(22)11(14(23)24)9-3-5-10(21)6-4-9/h3-6,8,11,16,21H,7H2,1-2H3,(H,20,22)(H,23,24)(H,25,26)(H,27,28)/t8?,11-,16-,18-/m1/s1. The number of hydrogen-bond acceptors (Lipinski definition) is 8. The van der Waals surface area contributed by atoms with Crippen LogP contribution >= 0.6 is 0 Å². The third kappa shape index (κ3) is 4.39. The third-order valence-corrected chi connectivity index (χ3v) is 4.48. The summed E-state index contributed by atoms with van der Waals surface area (Å²) in [4.78, 5) is 51.6. The molecule has 12 nitrogen and oxygen atoms in total. The normalized spacial score (nSPS) is 21.6. The van der Waals surface area contributed by atoms with E-state index in [9.17, 15) is 39.6 Å². The summed E-state index contributed by atoms with van der Waals surface area (Å²) in [5.41, 5.74) is -3.11. The number of rotatable bonds is 8. The second-order valence-electron chi connectivity index (χ2n) is 6.50. The Morgan fingerprint density at radius 1 is 1.20 bits per heavy atom. The smallest absolute Gasteiger partial charge is 0.362 e. The molecule has 0 spiro atoms. The molecule has 0 aliphatic carbocycles. The number of amides is 1. The molecule has 1 aromatic rings. The highest BCUT2D eigenvalue weighted by molar-refractivity contribution is 6.36. The minimum Gasteiger partial charge on any atom is -0.508 e. The number of methoxy groups -OCH3 is 1. The predicted molar refractivity (Wildman–Crippen MR) is 98.0 cm³/mol. The summed E-state index contributed by atoms with van der Waals surface area (Å²) < 4.78 is 10.3. The molecule has 12 heteroatoms. The van der Waals surface area contributed by atoms with Crippen molar-refractivity contribution in [3.05, 3.63) is 29.8 Å². The molecule has 1 aliphatic heterocycles. The fraction of sp³-hybridized carbons (Fsp3) is 0.389. The lowest BCUT2D eigenvalue weighted by Crippen LogP contribution is -2.65. The van der Waals surface area contributed by atoms with E-state index in [0.29, 0.717) is 0 Å². The number of carbonyl (C=O) groups excluding carboxylic acids is 1. The lowest BCUT2D eigenvalue weighted by molar-refractivity contribution is -0.195. The molecule has 0 radical (unpaired) electrons. The van der Waals surface area contributed by atoms with Crippen molar-refractivity contribution in [1.82, 2.24) is 5.32 Å². The fourth-order valence-electron chi connectivity index (χ4n) is 2.87. The number of aromatic hydroxyl groups is 1. The fourth-order valence-corrected chi connectivity index (χ4v) is 2.87. The number of hydrogen-bond donors (Lipinski definition) is 5. The van der Waals surface area contributed by atoms with E-state index in [0.717, 1.165) is 19.2 Å². The third-order valence-electron chi connectivity index (χ3n) is 4.48. The van der Waals surface area contributed by atoms with Crippen LogP contribution < -0.4 is 5.32 Å². The molecule has 0 saturated carbocycles. The number of aliphatic imine (C=N–C) groups is 1. The number of carbonyl (C=O) groups is 4. The van der Waals surface area contributed by atoms with Gasteiger partial charge in [0.05, 0.1) is 6.61 Å². The maximum Gasteiger partial charge on any atom is 0.362 e. The summed E-state index contributed by atoms with van der Waals surface area (Å²) in [5, 5.41) is 39.8. The van der Waals surface area contributed by atoms with Gasteiger partial charge in [0.2, 0.25) is 12.1 Å². The lowest BCUT2D eigenvalue weighted by Gasteiger charge is -2.37. The Labute approximate surface area is 169 Å². The van der Waals surface area contributed by atoms with E-state index in [4.69, 9.17) is 9.47 Å². The Kier molecular flexibility index (Phi) is 6.74. The summed E-state index contributed by atoms with van der Waals surface area (Å²) >= 11 is 0. The maximum atomic E-state index is 12.8. The SMILES string of the molecule is CO[C@@](NC(=O)[C@H](C(=O)O)c1ccc(O)cc1)(C(=O)O)[C@@H]1N=C(C(=O)O)C(C)CO1. The molecule has 1 aliphatic rings.